The molecule has 14 nitrogen and oxygen atoms in total. The molecule has 0 saturated heterocycles. The van der Waals surface area contributed by atoms with Gasteiger partial charge >= 0.3 is 23.9 Å². The van der Waals surface area contributed by atoms with Crippen LogP contribution in [0.4, 0.5) is 0 Å². The number of aliphatic carboxylic acids is 4. The Kier molecular flexibility index (Phi) is 53.2. The van der Waals surface area contributed by atoms with E-state index in [1.807, 2.05) is 0 Å². The Morgan fingerprint density at radius 2 is 0.562 bits per heavy atom. The molecule has 0 atom stereocenters. The van der Waals surface area contributed by atoms with Gasteiger partial charge in [-0.2, -0.15) is 0 Å². The van der Waals surface area contributed by atoms with Gasteiger partial charge in [-0.05, 0) is 0 Å². The lowest BCUT2D eigenvalue weighted by atomic mass is 10.4. The Hall–Kier alpha value is -2.36. The average molecular weight is 481 g/mol. The molecule has 0 aromatic heterocycles. The monoisotopic (exact) mass is 480 g/mol. The van der Waals surface area contributed by atoms with Crippen molar-refractivity contribution in [2.24, 2.45) is 0 Å². The lowest BCUT2D eigenvalue weighted by Gasteiger charge is -1.96. The highest BCUT2D eigenvalue weighted by Gasteiger charge is 1.94. The number of hydrogen-bond donors (Lipinski definition) is 10. The maximum atomic E-state index is 9.37. The minimum atomic E-state index is -0.954. The van der Waals surface area contributed by atoms with Crippen LogP contribution < -0.4 is 0 Å². The summed E-state index contributed by atoms with van der Waals surface area (Å²) in [4.78, 5) is 37.5. The molecule has 0 aromatic rings. The summed E-state index contributed by atoms with van der Waals surface area (Å²) in [5, 5.41) is 78.9. The summed E-state index contributed by atoms with van der Waals surface area (Å²) in [5.41, 5.74) is 0. The van der Waals surface area contributed by atoms with Gasteiger partial charge in [-0.3, -0.25) is 19.2 Å². The largest absolute Gasteiger partial charge is 0.481 e. The first-order valence-electron chi connectivity index (χ1n) is 9.37. The molecule has 0 aliphatic carbocycles. The van der Waals surface area contributed by atoms with Gasteiger partial charge in [0.05, 0.1) is 26.4 Å². The molecule has 0 radical (unpaired) electrons. The summed E-state index contributed by atoms with van der Waals surface area (Å²) in [5.74, 6) is -2.98. The van der Waals surface area contributed by atoms with Crippen molar-refractivity contribution in [1.29, 1.82) is 0 Å². The Balaban J connectivity index is -0.0000000635. The van der Waals surface area contributed by atoms with Crippen molar-refractivity contribution in [2.45, 2.75) is 65.6 Å². The predicted octanol–water partition coefficient (Wildman–Crippen LogP) is -1.41. The second-order valence-electron chi connectivity index (χ2n) is 5.03. The minimum Gasteiger partial charge on any atom is -0.481 e. The quantitative estimate of drug-likeness (QED) is 0.191. The van der Waals surface area contributed by atoms with Crippen LogP contribution in [0.1, 0.15) is 53.4 Å². The second-order valence-corrected chi connectivity index (χ2v) is 5.03. The van der Waals surface area contributed by atoms with Gasteiger partial charge in [0, 0.05) is 25.7 Å². The zero-order valence-corrected chi connectivity index (χ0v) is 18.9. The molecular weight excluding hydrogens is 440 g/mol. The molecule has 0 fully saturated rings. The smallest absolute Gasteiger partial charge is 0.303 e. The van der Waals surface area contributed by atoms with Crippen LogP contribution in [0.2, 0.25) is 0 Å². The molecule has 0 aliphatic heterocycles. The molecule has 0 aromatic carbocycles. The van der Waals surface area contributed by atoms with E-state index in [4.69, 9.17) is 51.1 Å². The highest BCUT2D eigenvalue weighted by atomic mass is 16.4. The number of hydrogen-bond acceptors (Lipinski definition) is 10. The molecule has 0 saturated carbocycles. The summed E-state index contributed by atoms with van der Waals surface area (Å²) in [6.07, 6.45) is -1.02. The molecule has 0 aliphatic rings. The highest BCUT2D eigenvalue weighted by molar-refractivity contribution is 5.66. The fraction of sp³-hybridized carbons (Fsp3) is 0.778. The van der Waals surface area contributed by atoms with Crippen molar-refractivity contribution in [2.75, 3.05) is 26.4 Å². The van der Waals surface area contributed by atoms with Crippen molar-refractivity contribution >= 4 is 23.9 Å². The number of aliphatic hydroxyl groups is 6. The number of carboxylic acid groups (broad SMARTS) is 4. The van der Waals surface area contributed by atoms with Crippen molar-refractivity contribution in [3.63, 3.8) is 0 Å². The van der Waals surface area contributed by atoms with E-state index in [9.17, 15) is 19.2 Å². The first kappa shape index (κ1) is 43.5. The molecular formula is C18H40O14. The van der Waals surface area contributed by atoms with Gasteiger partial charge in [-0.15, -0.1) is 0 Å². The van der Waals surface area contributed by atoms with Crippen LogP contribution >= 0.6 is 0 Å². The number of aliphatic hydroxyl groups excluding tert-OH is 6. The van der Waals surface area contributed by atoms with E-state index in [-0.39, 0.29) is 52.1 Å². The SMILES string of the molecule is CCC(=O)O.CCC(=O)O.CCC(=O)O.CCC(=O)O.OCC(O)CO.OCC(O)CO. The molecule has 196 valence electrons. The van der Waals surface area contributed by atoms with Crippen molar-refractivity contribution in [1.82, 2.24) is 0 Å². The zero-order valence-electron chi connectivity index (χ0n) is 18.9. The lowest BCUT2D eigenvalue weighted by Crippen LogP contribution is -2.15. The summed E-state index contributed by atoms with van der Waals surface area (Å²) in [6.45, 7) is 4.94. The second kappa shape index (κ2) is 39.2. The third kappa shape index (κ3) is 105. The van der Waals surface area contributed by atoms with Crippen LogP contribution in [0.15, 0.2) is 0 Å². The van der Waals surface area contributed by atoms with Gasteiger partial charge in [0.1, 0.15) is 12.2 Å². The van der Waals surface area contributed by atoms with Crippen LogP contribution in [0.25, 0.3) is 0 Å². The molecule has 0 rings (SSSR count). The Bertz CT molecular complexity index is 340. The first-order chi connectivity index (χ1) is 14.7. The van der Waals surface area contributed by atoms with E-state index in [0.29, 0.717) is 0 Å². The van der Waals surface area contributed by atoms with E-state index in [0.717, 1.165) is 0 Å². The summed E-state index contributed by atoms with van der Waals surface area (Å²) < 4.78 is 0. The van der Waals surface area contributed by atoms with Crippen LogP contribution in [-0.4, -0.2) is 114 Å². The molecule has 0 spiro atoms. The van der Waals surface area contributed by atoms with Gasteiger partial charge in [-0.1, -0.05) is 27.7 Å². The van der Waals surface area contributed by atoms with E-state index in [2.05, 4.69) is 0 Å². The fourth-order valence-electron chi connectivity index (χ4n) is 0.115. The Labute approximate surface area is 187 Å². The lowest BCUT2D eigenvalue weighted by molar-refractivity contribution is -0.137. The number of carbonyl (C=O) groups is 4. The maximum Gasteiger partial charge on any atom is 0.303 e. The van der Waals surface area contributed by atoms with Crippen LogP contribution in [0.3, 0.4) is 0 Å². The van der Waals surface area contributed by atoms with Crippen molar-refractivity contribution < 1.29 is 70.2 Å². The van der Waals surface area contributed by atoms with Crippen LogP contribution in [-0.2, 0) is 19.2 Å². The third-order valence-electron chi connectivity index (χ3n) is 2.05. The Morgan fingerprint density at radius 3 is 0.562 bits per heavy atom. The van der Waals surface area contributed by atoms with Crippen molar-refractivity contribution in [3.8, 4) is 0 Å². The van der Waals surface area contributed by atoms with Gasteiger partial charge in [0.15, 0.2) is 0 Å². The van der Waals surface area contributed by atoms with E-state index in [1.165, 1.54) is 0 Å². The molecule has 0 amide bonds. The van der Waals surface area contributed by atoms with Gasteiger partial charge in [0.2, 0.25) is 0 Å². The average Bonchev–Trinajstić information content (AvgIpc) is 2.79. The molecule has 0 unspecified atom stereocenters. The minimum absolute atomic E-state index is 0.222. The van der Waals surface area contributed by atoms with Crippen LogP contribution in [0.5, 0.6) is 0 Å². The summed E-state index contributed by atoms with van der Waals surface area (Å²) in [6, 6.07) is 0. The topological polar surface area (TPSA) is 271 Å². The van der Waals surface area contributed by atoms with Gasteiger partial charge in [0.25, 0.3) is 0 Å². The summed E-state index contributed by atoms with van der Waals surface area (Å²) >= 11 is 0. The van der Waals surface area contributed by atoms with Gasteiger partial charge < -0.3 is 51.1 Å². The molecule has 0 heterocycles. The first-order valence-corrected chi connectivity index (χ1v) is 9.37. The van der Waals surface area contributed by atoms with E-state index in [1.54, 1.807) is 27.7 Å². The van der Waals surface area contributed by atoms with E-state index >= 15 is 0 Å². The van der Waals surface area contributed by atoms with Crippen molar-refractivity contribution in [3.05, 3.63) is 0 Å². The van der Waals surface area contributed by atoms with E-state index < -0.39 is 36.1 Å². The molecule has 14 heteroatoms. The number of rotatable bonds is 8. The predicted molar refractivity (Wildman–Crippen MR) is 112 cm³/mol. The fourth-order valence-corrected chi connectivity index (χ4v) is 0.115. The molecule has 32 heavy (non-hydrogen) atoms. The zero-order chi connectivity index (χ0) is 27.1. The molecule has 10 N–H and O–H groups in total. The van der Waals surface area contributed by atoms with Crippen LogP contribution in [0, 0.1) is 0 Å². The maximum absolute atomic E-state index is 9.37. The van der Waals surface area contributed by atoms with Gasteiger partial charge in [-0.25, -0.2) is 0 Å². The number of carboxylic acids is 4. The standard InChI is InChI=1S/2C3H8O3.4C3H6O2/c2*4-1-3(6)2-5;4*1-2-3(4)5/h2*3-6H,1-2H2;4*2H2,1H3,(H,4,5). The summed E-state index contributed by atoms with van der Waals surface area (Å²) in [7, 11) is 0. The third-order valence-corrected chi connectivity index (χ3v) is 2.05. The highest BCUT2D eigenvalue weighted by Crippen LogP contribution is 1.72. The Morgan fingerprint density at radius 1 is 0.469 bits per heavy atom. The molecule has 0 bridgehead atoms. The normalized spacial score (nSPS) is 8.38.